The second-order valence-electron chi connectivity index (χ2n) is 9.35. The molecule has 8 heteroatoms. The first-order valence-corrected chi connectivity index (χ1v) is 12.6. The Morgan fingerprint density at radius 2 is 1.66 bits per heavy atom. The highest BCUT2D eigenvalue weighted by molar-refractivity contribution is 5.87. The molecular formula is C30H26N6O2. The van der Waals surface area contributed by atoms with Crippen LogP contribution in [0.1, 0.15) is 18.4 Å². The van der Waals surface area contributed by atoms with Crippen LogP contribution in [0.3, 0.4) is 0 Å². The summed E-state index contributed by atoms with van der Waals surface area (Å²) in [6, 6.07) is 23.6. The summed E-state index contributed by atoms with van der Waals surface area (Å²) in [5.74, 6) is 0.776. The lowest BCUT2D eigenvalue weighted by Gasteiger charge is -2.18. The molecule has 1 aliphatic heterocycles. The third-order valence-electron chi connectivity index (χ3n) is 7.06. The van der Waals surface area contributed by atoms with Crippen LogP contribution in [-0.4, -0.2) is 44.4 Å². The van der Waals surface area contributed by atoms with Gasteiger partial charge in [0.25, 0.3) is 5.56 Å². The summed E-state index contributed by atoms with van der Waals surface area (Å²) in [6.45, 7) is 10.8. The second kappa shape index (κ2) is 9.96. The first-order chi connectivity index (χ1) is 18.7. The standard InChI is InChI=1S/C30H26N6O2/c1-31-29-27-28(36(33-29)24-13-15-25(38-2)16-14-24)30(37)35(20-32-27)23-11-9-21(10-12-23)26-8-4-3-7-22(26)19-34-17-5-6-18-34/h3-4,7-16,20H,5-6,17-19H2,2H3. The fraction of sp³-hybridized carbons (Fsp3) is 0.200. The molecule has 0 aliphatic carbocycles. The highest BCUT2D eigenvalue weighted by Gasteiger charge is 2.21. The largest absolute Gasteiger partial charge is 0.497 e. The van der Waals surface area contributed by atoms with Crippen molar-refractivity contribution in [3.8, 4) is 28.3 Å². The molecule has 0 N–H and O–H groups in total. The van der Waals surface area contributed by atoms with Crippen LogP contribution < -0.4 is 10.3 Å². The number of fused-ring (bicyclic) bond motifs is 1. The molecule has 1 fully saturated rings. The van der Waals surface area contributed by atoms with E-state index in [9.17, 15) is 4.79 Å². The van der Waals surface area contributed by atoms with Gasteiger partial charge in [-0.3, -0.25) is 14.3 Å². The van der Waals surface area contributed by atoms with E-state index in [4.69, 9.17) is 11.3 Å². The van der Waals surface area contributed by atoms with E-state index in [2.05, 4.69) is 44.1 Å². The third-order valence-corrected chi connectivity index (χ3v) is 7.06. The Morgan fingerprint density at radius 3 is 2.37 bits per heavy atom. The number of rotatable bonds is 6. The summed E-state index contributed by atoms with van der Waals surface area (Å²) in [7, 11) is 1.59. The van der Waals surface area contributed by atoms with E-state index in [1.165, 1.54) is 39.5 Å². The summed E-state index contributed by atoms with van der Waals surface area (Å²) in [5, 5.41) is 4.38. The van der Waals surface area contributed by atoms with Crippen molar-refractivity contribution in [3.63, 3.8) is 0 Å². The second-order valence-corrected chi connectivity index (χ2v) is 9.35. The third kappa shape index (κ3) is 4.23. The molecule has 38 heavy (non-hydrogen) atoms. The van der Waals surface area contributed by atoms with Crippen molar-refractivity contribution >= 4 is 16.9 Å². The van der Waals surface area contributed by atoms with E-state index in [0.29, 0.717) is 17.1 Å². The molecule has 0 unspecified atom stereocenters. The Labute approximate surface area is 220 Å². The molecule has 5 aromatic rings. The molecule has 0 radical (unpaired) electrons. The number of aromatic nitrogens is 4. The normalized spacial score (nSPS) is 13.6. The summed E-state index contributed by atoms with van der Waals surface area (Å²) in [4.78, 5) is 24.2. The smallest absolute Gasteiger partial charge is 0.322 e. The molecule has 8 nitrogen and oxygen atoms in total. The molecule has 0 bridgehead atoms. The predicted octanol–water partition coefficient (Wildman–Crippen LogP) is 5.39. The van der Waals surface area contributed by atoms with E-state index in [-0.39, 0.29) is 22.4 Å². The lowest BCUT2D eigenvalue weighted by Crippen LogP contribution is -2.21. The van der Waals surface area contributed by atoms with Crippen LogP contribution in [0.2, 0.25) is 0 Å². The van der Waals surface area contributed by atoms with Crippen LogP contribution in [0.5, 0.6) is 5.75 Å². The van der Waals surface area contributed by atoms with Crippen molar-refractivity contribution in [2.45, 2.75) is 19.4 Å². The minimum Gasteiger partial charge on any atom is -0.497 e. The van der Waals surface area contributed by atoms with Crippen LogP contribution in [0.4, 0.5) is 5.82 Å². The Kier molecular flexibility index (Phi) is 6.20. The minimum atomic E-state index is -0.296. The Morgan fingerprint density at radius 1 is 0.947 bits per heavy atom. The molecular weight excluding hydrogens is 476 g/mol. The molecule has 188 valence electrons. The maximum Gasteiger partial charge on any atom is 0.322 e. The van der Waals surface area contributed by atoms with Crippen LogP contribution >= 0.6 is 0 Å². The molecule has 1 saturated heterocycles. The molecule has 0 amide bonds. The van der Waals surface area contributed by atoms with Gasteiger partial charge in [0.2, 0.25) is 0 Å². The van der Waals surface area contributed by atoms with Gasteiger partial charge in [-0.05, 0) is 84.1 Å². The monoisotopic (exact) mass is 502 g/mol. The molecule has 0 atom stereocenters. The maximum atomic E-state index is 13.7. The Hall–Kier alpha value is -4.74. The van der Waals surface area contributed by atoms with Gasteiger partial charge in [0.05, 0.1) is 18.5 Å². The fourth-order valence-corrected chi connectivity index (χ4v) is 5.08. The van der Waals surface area contributed by atoms with Gasteiger partial charge in [-0.2, -0.15) is 4.68 Å². The number of hydrogen-bond acceptors (Lipinski definition) is 5. The van der Waals surface area contributed by atoms with Crippen molar-refractivity contribution in [1.82, 2.24) is 24.2 Å². The van der Waals surface area contributed by atoms with Crippen LogP contribution in [0.15, 0.2) is 83.9 Å². The predicted molar refractivity (Wildman–Crippen MR) is 147 cm³/mol. The van der Waals surface area contributed by atoms with Gasteiger partial charge in [-0.1, -0.05) is 43.0 Å². The van der Waals surface area contributed by atoms with Crippen LogP contribution in [-0.2, 0) is 6.54 Å². The van der Waals surface area contributed by atoms with Crippen molar-refractivity contribution in [2.75, 3.05) is 20.2 Å². The quantitative estimate of drug-likeness (QED) is 0.291. The molecule has 1 aliphatic rings. The maximum absolute atomic E-state index is 13.7. The number of methoxy groups -OCH3 is 1. The summed E-state index contributed by atoms with van der Waals surface area (Å²) >= 11 is 0. The van der Waals surface area contributed by atoms with Gasteiger partial charge in [-0.15, -0.1) is 0 Å². The van der Waals surface area contributed by atoms with Gasteiger partial charge < -0.3 is 9.58 Å². The number of ether oxygens (including phenoxy) is 1. The molecule has 3 aromatic carbocycles. The van der Waals surface area contributed by atoms with Crippen molar-refractivity contribution < 1.29 is 4.74 Å². The fourth-order valence-electron chi connectivity index (χ4n) is 5.08. The van der Waals surface area contributed by atoms with E-state index < -0.39 is 0 Å². The lowest BCUT2D eigenvalue weighted by molar-refractivity contribution is 0.332. The van der Waals surface area contributed by atoms with Gasteiger partial charge >= 0.3 is 5.82 Å². The Balaban J connectivity index is 1.39. The first-order valence-electron chi connectivity index (χ1n) is 12.6. The molecule has 6 rings (SSSR count). The van der Waals surface area contributed by atoms with E-state index in [1.54, 1.807) is 31.4 Å². The zero-order valence-electron chi connectivity index (χ0n) is 21.0. The number of likely N-dealkylation sites (tertiary alicyclic amines) is 1. The first kappa shape index (κ1) is 23.6. The van der Waals surface area contributed by atoms with Gasteiger partial charge in [0.1, 0.15) is 17.6 Å². The molecule has 3 heterocycles. The van der Waals surface area contributed by atoms with Crippen LogP contribution in [0.25, 0.3) is 38.4 Å². The SMILES string of the molecule is [C-]#[N+]c1nn(-c2ccc(OC)cc2)c2c(=O)n(-c3ccc(-c4ccccc4CN4CCCC4)cc3)cnc12. The highest BCUT2D eigenvalue weighted by Crippen LogP contribution is 2.28. The van der Waals surface area contributed by atoms with Gasteiger partial charge in [0.15, 0.2) is 5.52 Å². The van der Waals surface area contributed by atoms with Crippen molar-refractivity contribution in [2.24, 2.45) is 0 Å². The van der Waals surface area contributed by atoms with Crippen molar-refractivity contribution in [1.29, 1.82) is 0 Å². The van der Waals surface area contributed by atoms with E-state index in [1.807, 2.05) is 24.3 Å². The molecule has 0 saturated carbocycles. The number of nitrogens with zero attached hydrogens (tertiary/aromatic N) is 6. The highest BCUT2D eigenvalue weighted by atomic mass is 16.5. The summed E-state index contributed by atoms with van der Waals surface area (Å²) in [5.41, 5.74) is 5.18. The lowest BCUT2D eigenvalue weighted by atomic mass is 9.99. The van der Waals surface area contributed by atoms with Gasteiger partial charge in [-0.25, -0.2) is 4.98 Å². The number of hydrogen-bond donors (Lipinski definition) is 0. The zero-order valence-corrected chi connectivity index (χ0v) is 21.0. The van der Waals surface area contributed by atoms with Crippen LogP contribution in [0, 0.1) is 6.57 Å². The minimum absolute atomic E-state index is 0.0880. The zero-order chi connectivity index (χ0) is 26.1. The van der Waals surface area contributed by atoms with Crippen molar-refractivity contribution in [3.05, 3.63) is 106 Å². The Bertz CT molecular complexity index is 1710. The number of benzene rings is 3. The topological polar surface area (TPSA) is 69.5 Å². The average Bonchev–Trinajstić information content (AvgIpc) is 3.62. The molecule has 0 spiro atoms. The average molecular weight is 503 g/mol. The molecule has 2 aromatic heterocycles. The van der Waals surface area contributed by atoms with Gasteiger partial charge in [0, 0.05) is 6.54 Å². The summed E-state index contributed by atoms with van der Waals surface area (Å²) < 4.78 is 8.22. The van der Waals surface area contributed by atoms with E-state index in [0.717, 1.165) is 25.2 Å². The summed E-state index contributed by atoms with van der Waals surface area (Å²) in [6.07, 6.45) is 3.99. The van der Waals surface area contributed by atoms with E-state index >= 15 is 0 Å².